The minimum atomic E-state index is -0.345. The van der Waals surface area contributed by atoms with Crippen molar-refractivity contribution in [3.8, 4) is 5.75 Å². The molecule has 2 rings (SSSR count). The van der Waals surface area contributed by atoms with Crippen molar-refractivity contribution < 1.29 is 14.3 Å². The molecule has 0 atom stereocenters. The Bertz CT molecular complexity index is 537. The molecule has 1 N–H and O–H groups in total. The van der Waals surface area contributed by atoms with E-state index in [-0.39, 0.29) is 5.97 Å². The summed E-state index contributed by atoms with van der Waals surface area (Å²) in [6, 6.07) is 16.8. The lowest BCUT2D eigenvalue weighted by molar-refractivity contribution is 0.0600. The number of nitrogens with one attached hydrogen (secondary N) is 1. The van der Waals surface area contributed by atoms with Crippen LogP contribution in [0, 0.1) is 0 Å². The Morgan fingerprint density at radius 2 is 1.75 bits per heavy atom. The molecule has 20 heavy (non-hydrogen) atoms. The SMILES string of the molecule is COC(=O)c1ccc(OCCNc2ccccc2)cc1. The first-order valence-electron chi connectivity index (χ1n) is 6.39. The second-order valence-corrected chi connectivity index (χ2v) is 4.16. The summed E-state index contributed by atoms with van der Waals surface area (Å²) in [6.07, 6.45) is 0. The van der Waals surface area contributed by atoms with Crippen LogP contribution in [0.15, 0.2) is 54.6 Å². The number of carbonyl (C=O) groups excluding carboxylic acids is 1. The van der Waals surface area contributed by atoms with Gasteiger partial charge in [-0.1, -0.05) is 18.2 Å². The van der Waals surface area contributed by atoms with E-state index in [9.17, 15) is 4.79 Å². The van der Waals surface area contributed by atoms with Crippen LogP contribution in [-0.2, 0) is 4.74 Å². The van der Waals surface area contributed by atoms with Gasteiger partial charge in [-0.3, -0.25) is 0 Å². The third kappa shape index (κ3) is 4.02. The van der Waals surface area contributed by atoms with Crippen molar-refractivity contribution in [2.24, 2.45) is 0 Å². The molecule has 0 spiro atoms. The van der Waals surface area contributed by atoms with E-state index in [0.29, 0.717) is 18.7 Å². The molecule has 0 saturated carbocycles. The standard InChI is InChI=1S/C16H17NO3/c1-19-16(18)13-7-9-15(10-8-13)20-12-11-17-14-5-3-2-4-6-14/h2-10,17H,11-12H2,1H3. The van der Waals surface area contributed by atoms with Gasteiger partial charge < -0.3 is 14.8 Å². The zero-order chi connectivity index (χ0) is 14.2. The molecule has 0 aliphatic rings. The van der Waals surface area contributed by atoms with Crippen molar-refractivity contribution in [2.45, 2.75) is 0 Å². The Kier molecular flexibility index (Phi) is 5.00. The average molecular weight is 271 g/mol. The highest BCUT2D eigenvalue weighted by Crippen LogP contribution is 2.13. The van der Waals surface area contributed by atoms with E-state index in [1.54, 1.807) is 24.3 Å². The fourth-order valence-electron chi connectivity index (χ4n) is 1.73. The number of hydrogen-bond donors (Lipinski definition) is 1. The molecule has 0 heterocycles. The number of esters is 1. The minimum absolute atomic E-state index is 0.345. The molecule has 0 aromatic heterocycles. The Labute approximate surface area is 118 Å². The van der Waals surface area contributed by atoms with Crippen LogP contribution in [0.5, 0.6) is 5.75 Å². The Morgan fingerprint density at radius 3 is 2.40 bits per heavy atom. The van der Waals surface area contributed by atoms with Crippen LogP contribution in [0.3, 0.4) is 0 Å². The third-order valence-electron chi connectivity index (χ3n) is 2.75. The largest absolute Gasteiger partial charge is 0.492 e. The molecule has 4 heteroatoms. The summed E-state index contributed by atoms with van der Waals surface area (Å²) < 4.78 is 10.2. The summed E-state index contributed by atoms with van der Waals surface area (Å²) in [5, 5.41) is 3.25. The molecule has 0 aliphatic heterocycles. The molecule has 2 aromatic carbocycles. The quantitative estimate of drug-likeness (QED) is 0.648. The zero-order valence-corrected chi connectivity index (χ0v) is 11.3. The first-order chi connectivity index (χ1) is 9.79. The highest BCUT2D eigenvalue weighted by Gasteiger charge is 2.04. The van der Waals surface area contributed by atoms with Gasteiger partial charge in [0.05, 0.1) is 12.7 Å². The normalized spacial score (nSPS) is 9.85. The summed E-state index contributed by atoms with van der Waals surface area (Å²) >= 11 is 0. The van der Waals surface area contributed by atoms with Crippen molar-refractivity contribution in [3.63, 3.8) is 0 Å². The highest BCUT2D eigenvalue weighted by molar-refractivity contribution is 5.89. The summed E-state index contributed by atoms with van der Waals surface area (Å²) in [4.78, 5) is 11.3. The lowest BCUT2D eigenvalue weighted by Crippen LogP contribution is -2.11. The van der Waals surface area contributed by atoms with Gasteiger partial charge in [0.25, 0.3) is 0 Å². The van der Waals surface area contributed by atoms with Crippen molar-refractivity contribution in [2.75, 3.05) is 25.6 Å². The van der Waals surface area contributed by atoms with Gasteiger partial charge in [0.15, 0.2) is 0 Å². The van der Waals surface area contributed by atoms with Crippen molar-refractivity contribution in [3.05, 3.63) is 60.2 Å². The van der Waals surface area contributed by atoms with Crippen LogP contribution < -0.4 is 10.1 Å². The second kappa shape index (κ2) is 7.19. The maximum absolute atomic E-state index is 11.3. The summed E-state index contributed by atoms with van der Waals surface area (Å²) in [5.74, 6) is 0.384. The van der Waals surface area contributed by atoms with Gasteiger partial charge >= 0.3 is 5.97 Å². The molecule has 4 nitrogen and oxygen atoms in total. The van der Waals surface area contributed by atoms with Crippen LogP contribution in [0.2, 0.25) is 0 Å². The average Bonchev–Trinajstić information content (AvgIpc) is 2.52. The van der Waals surface area contributed by atoms with Crippen LogP contribution in [0.4, 0.5) is 5.69 Å². The first-order valence-corrected chi connectivity index (χ1v) is 6.39. The van der Waals surface area contributed by atoms with Gasteiger partial charge in [-0.25, -0.2) is 4.79 Å². The Morgan fingerprint density at radius 1 is 1.05 bits per heavy atom. The van der Waals surface area contributed by atoms with Crippen molar-refractivity contribution >= 4 is 11.7 Å². The Hall–Kier alpha value is -2.49. The molecule has 0 radical (unpaired) electrons. The van der Waals surface area contributed by atoms with Gasteiger partial charge in [-0.05, 0) is 36.4 Å². The summed E-state index contributed by atoms with van der Waals surface area (Å²) in [7, 11) is 1.36. The van der Waals surface area contributed by atoms with Crippen LogP contribution in [0.25, 0.3) is 0 Å². The zero-order valence-electron chi connectivity index (χ0n) is 11.3. The number of rotatable bonds is 6. The number of methoxy groups -OCH3 is 1. The number of anilines is 1. The fourth-order valence-corrected chi connectivity index (χ4v) is 1.73. The van der Waals surface area contributed by atoms with Gasteiger partial charge in [0, 0.05) is 12.2 Å². The van der Waals surface area contributed by atoms with Crippen molar-refractivity contribution in [1.29, 1.82) is 0 Å². The van der Waals surface area contributed by atoms with E-state index in [4.69, 9.17) is 4.74 Å². The molecule has 0 bridgehead atoms. The molecule has 0 amide bonds. The summed E-state index contributed by atoms with van der Waals surface area (Å²) in [6.45, 7) is 1.26. The van der Waals surface area contributed by atoms with E-state index in [0.717, 1.165) is 11.4 Å². The predicted molar refractivity (Wildman–Crippen MR) is 78.2 cm³/mol. The molecule has 0 fully saturated rings. The molecular weight excluding hydrogens is 254 g/mol. The molecule has 0 aliphatic carbocycles. The molecule has 0 unspecified atom stereocenters. The number of hydrogen-bond acceptors (Lipinski definition) is 4. The second-order valence-electron chi connectivity index (χ2n) is 4.16. The van der Waals surface area contributed by atoms with E-state index in [2.05, 4.69) is 10.1 Å². The Balaban J connectivity index is 1.75. The molecular formula is C16H17NO3. The van der Waals surface area contributed by atoms with Gasteiger partial charge in [-0.2, -0.15) is 0 Å². The highest BCUT2D eigenvalue weighted by atomic mass is 16.5. The monoisotopic (exact) mass is 271 g/mol. The third-order valence-corrected chi connectivity index (χ3v) is 2.75. The van der Waals surface area contributed by atoms with Gasteiger partial charge in [0.2, 0.25) is 0 Å². The minimum Gasteiger partial charge on any atom is -0.492 e. The topological polar surface area (TPSA) is 47.6 Å². The lowest BCUT2D eigenvalue weighted by atomic mass is 10.2. The number of para-hydroxylation sites is 1. The fraction of sp³-hybridized carbons (Fsp3) is 0.188. The molecule has 0 saturated heterocycles. The van der Waals surface area contributed by atoms with E-state index in [1.165, 1.54) is 7.11 Å². The first kappa shape index (κ1) is 13.9. The maximum atomic E-state index is 11.3. The van der Waals surface area contributed by atoms with Crippen molar-refractivity contribution in [1.82, 2.24) is 0 Å². The van der Waals surface area contributed by atoms with Gasteiger partial charge in [0.1, 0.15) is 12.4 Å². The molecule has 2 aromatic rings. The number of ether oxygens (including phenoxy) is 2. The van der Waals surface area contributed by atoms with Crippen LogP contribution in [0.1, 0.15) is 10.4 Å². The van der Waals surface area contributed by atoms with E-state index < -0.39 is 0 Å². The van der Waals surface area contributed by atoms with E-state index >= 15 is 0 Å². The lowest BCUT2D eigenvalue weighted by Gasteiger charge is -2.08. The number of benzene rings is 2. The maximum Gasteiger partial charge on any atom is 0.337 e. The van der Waals surface area contributed by atoms with Crippen LogP contribution >= 0.6 is 0 Å². The van der Waals surface area contributed by atoms with Gasteiger partial charge in [-0.15, -0.1) is 0 Å². The predicted octanol–water partition coefficient (Wildman–Crippen LogP) is 2.96. The van der Waals surface area contributed by atoms with E-state index in [1.807, 2.05) is 30.3 Å². The molecule has 104 valence electrons. The number of carbonyl (C=O) groups is 1. The van der Waals surface area contributed by atoms with Crippen LogP contribution in [-0.4, -0.2) is 26.2 Å². The summed E-state index contributed by atoms with van der Waals surface area (Å²) in [5.41, 5.74) is 1.58. The smallest absolute Gasteiger partial charge is 0.337 e.